The summed E-state index contributed by atoms with van der Waals surface area (Å²) in [5.41, 5.74) is 3.21. The van der Waals surface area contributed by atoms with Crippen molar-refractivity contribution in [1.29, 1.82) is 0 Å². The van der Waals surface area contributed by atoms with Crippen molar-refractivity contribution in [3.8, 4) is 16.9 Å². The van der Waals surface area contributed by atoms with Crippen LogP contribution in [0.5, 0.6) is 5.75 Å². The maximum Gasteiger partial charge on any atom is 0.322 e. The Balaban J connectivity index is 1.80. The Labute approximate surface area is 188 Å². The zero-order valence-electron chi connectivity index (χ0n) is 18.0. The minimum absolute atomic E-state index is 0.160. The molecule has 0 aromatic heterocycles. The van der Waals surface area contributed by atoms with Crippen molar-refractivity contribution in [3.05, 3.63) is 59.8 Å². The lowest BCUT2D eigenvalue weighted by atomic mass is 9.92. The Morgan fingerprint density at radius 3 is 2.34 bits per heavy atom. The molecule has 1 aliphatic carbocycles. The zero-order valence-corrected chi connectivity index (χ0v) is 18.9. The molecule has 1 unspecified atom stereocenters. The highest BCUT2D eigenvalue weighted by atomic mass is 32.2. The molecule has 32 heavy (non-hydrogen) atoms. The van der Waals surface area contributed by atoms with Gasteiger partial charge in [-0.15, -0.1) is 0 Å². The Bertz CT molecular complexity index is 1110. The Hall–Kier alpha value is -3.17. The van der Waals surface area contributed by atoms with Crippen molar-refractivity contribution < 1.29 is 23.1 Å². The van der Waals surface area contributed by atoms with Crippen LogP contribution >= 0.6 is 0 Å². The third kappa shape index (κ3) is 5.74. The zero-order chi connectivity index (χ0) is 23.1. The van der Waals surface area contributed by atoms with Gasteiger partial charge in [-0.3, -0.25) is 9.79 Å². The third-order valence-electron chi connectivity index (χ3n) is 5.25. The van der Waals surface area contributed by atoms with Gasteiger partial charge in [-0.25, -0.2) is 13.1 Å². The summed E-state index contributed by atoms with van der Waals surface area (Å²) in [6, 6.07) is 13.7. The van der Waals surface area contributed by atoms with Gasteiger partial charge < -0.3 is 15.2 Å². The summed E-state index contributed by atoms with van der Waals surface area (Å²) >= 11 is 0. The first-order chi connectivity index (χ1) is 15.3. The number of methoxy groups -OCH3 is 1. The molecule has 9 heteroatoms. The molecule has 1 atom stereocenters. The van der Waals surface area contributed by atoms with Crippen LogP contribution in [-0.2, 0) is 14.8 Å². The number of allylic oxidation sites excluding steroid dienone is 1. The maximum atomic E-state index is 13.0. The third-order valence-corrected chi connectivity index (χ3v) is 6.74. The quantitative estimate of drug-likeness (QED) is 0.499. The van der Waals surface area contributed by atoms with E-state index in [1.165, 1.54) is 0 Å². The molecule has 0 fully saturated rings. The predicted octanol–water partition coefficient (Wildman–Crippen LogP) is 2.82. The van der Waals surface area contributed by atoms with Crippen LogP contribution in [0.2, 0.25) is 0 Å². The van der Waals surface area contributed by atoms with Crippen molar-refractivity contribution in [3.63, 3.8) is 0 Å². The van der Waals surface area contributed by atoms with E-state index in [0.717, 1.165) is 23.3 Å². The standard InChI is InChI=1S/C23H27N3O5S/c1-24-14-20-21(25-15-23(27)28)4-3-5-22(20)26-32(29,30)19-12-8-17(9-13-19)16-6-10-18(31-2)11-7-16/h6-14,22,25-26H,3-5,15H2,1-2H3,(H,27,28). The summed E-state index contributed by atoms with van der Waals surface area (Å²) in [5.74, 6) is -0.230. The van der Waals surface area contributed by atoms with Crippen molar-refractivity contribution in [2.45, 2.75) is 30.2 Å². The number of rotatable bonds is 9. The molecule has 0 aliphatic heterocycles. The second-order valence-electron chi connectivity index (χ2n) is 7.39. The highest BCUT2D eigenvalue weighted by Crippen LogP contribution is 2.26. The summed E-state index contributed by atoms with van der Waals surface area (Å²) in [6.07, 6.45) is 3.56. The summed E-state index contributed by atoms with van der Waals surface area (Å²) < 4.78 is 34.0. The molecular formula is C23H27N3O5S. The number of sulfonamides is 1. The van der Waals surface area contributed by atoms with Crippen LogP contribution in [0.4, 0.5) is 0 Å². The van der Waals surface area contributed by atoms with Crippen molar-refractivity contribution in [2.24, 2.45) is 4.99 Å². The van der Waals surface area contributed by atoms with Gasteiger partial charge in [0, 0.05) is 24.5 Å². The number of benzene rings is 2. The largest absolute Gasteiger partial charge is 0.497 e. The first kappa shape index (κ1) is 23.5. The lowest BCUT2D eigenvalue weighted by molar-refractivity contribution is -0.135. The molecule has 3 N–H and O–H groups in total. The molecule has 3 rings (SSSR count). The molecule has 1 aliphatic rings. The van der Waals surface area contributed by atoms with E-state index in [4.69, 9.17) is 9.84 Å². The van der Waals surface area contributed by atoms with Crippen LogP contribution < -0.4 is 14.8 Å². The van der Waals surface area contributed by atoms with Gasteiger partial charge >= 0.3 is 5.97 Å². The molecule has 0 saturated heterocycles. The van der Waals surface area contributed by atoms with Crippen molar-refractivity contribution >= 4 is 22.2 Å². The molecular weight excluding hydrogens is 430 g/mol. The van der Waals surface area contributed by atoms with E-state index >= 15 is 0 Å². The second-order valence-corrected chi connectivity index (χ2v) is 9.10. The molecule has 0 bridgehead atoms. The normalized spacial score (nSPS) is 16.9. The molecule has 8 nitrogen and oxygen atoms in total. The van der Waals surface area contributed by atoms with E-state index in [9.17, 15) is 13.2 Å². The van der Waals surface area contributed by atoms with E-state index in [1.54, 1.807) is 44.6 Å². The van der Waals surface area contributed by atoms with Crippen LogP contribution in [0.3, 0.4) is 0 Å². The lowest BCUT2D eigenvalue weighted by Gasteiger charge is -2.27. The molecule has 0 spiro atoms. The number of hydrogen-bond acceptors (Lipinski definition) is 6. The van der Waals surface area contributed by atoms with Crippen molar-refractivity contribution in [1.82, 2.24) is 10.0 Å². The fourth-order valence-electron chi connectivity index (χ4n) is 3.66. The van der Waals surface area contributed by atoms with E-state index < -0.39 is 22.0 Å². The SMILES string of the molecule is CN=CC1=C(NCC(=O)O)CCCC1NS(=O)(=O)c1ccc(-c2ccc(OC)cc2)cc1. The number of carboxylic acid groups (broad SMARTS) is 1. The summed E-state index contributed by atoms with van der Waals surface area (Å²) in [5, 5.41) is 11.8. The van der Waals surface area contributed by atoms with Gasteiger partial charge in [0.2, 0.25) is 10.0 Å². The maximum absolute atomic E-state index is 13.0. The van der Waals surface area contributed by atoms with Crippen LogP contribution in [0.25, 0.3) is 11.1 Å². The number of carbonyl (C=O) groups is 1. The number of hydrogen-bond donors (Lipinski definition) is 3. The molecule has 0 amide bonds. The van der Waals surface area contributed by atoms with Crippen LogP contribution in [0, 0.1) is 0 Å². The smallest absolute Gasteiger partial charge is 0.322 e. The van der Waals surface area contributed by atoms with E-state index in [-0.39, 0.29) is 11.4 Å². The topological polar surface area (TPSA) is 117 Å². The Morgan fingerprint density at radius 2 is 1.78 bits per heavy atom. The highest BCUT2D eigenvalue weighted by molar-refractivity contribution is 7.89. The van der Waals surface area contributed by atoms with E-state index in [1.807, 2.05) is 24.3 Å². The Kier molecular flexibility index (Phi) is 7.66. The van der Waals surface area contributed by atoms with Gasteiger partial charge in [0.05, 0.1) is 18.0 Å². The van der Waals surface area contributed by atoms with Crippen LogP contribution in [0.1, 0.15) is 19.3 Å². The minimum atomic E-state index is -3.79. The van der Waals surface area contributed by atoms with Crippen LogP contribution in [0.15, 0.2) is 69.7 Å². The predicted molar refractivity (Wildman–Crippen MR) is 123 cm³/mol. The monoisotopic (exact) mass is 457 g/mol. The summed E-state index contributed by atoms with van der Waals surface area (Å²) in [4.78, 5) is 15.1. The fourth-order valence-corrected chi connectivity index (χ4v) is 4.91. The van der Waals surface area contributed by atoms with Gasteiger partial charge in [-0.2, -0.15) is 0 Å². The molecule has 2 aromatic carbocycles. The number of aliphatic imine (C=N–C) groups is 1. The average molecular weight is 458 g/mol. The fraction of sp³-hybridized carbons (Fsp3) is 0.304. The lowest BCUT2D eigenvalue weighted by Crippen LogP contribution is -2.40. The molecule has 0 saturated carbocycles. The Morgan fingerprint density at radius 1 is 1.16 bits per heavy atom. The van der Waals surface area contributed by atoms with Crippen molar-refractivity contribution in [2.75, 3.05) is 20.7 Å². The number of carboxylic acids is 1. The van der Waals surface area contributed by atoms with Gasteiger partial charge in [0.1, 0.15) is 12.3 Å². The average Bonchev–Trinajstić information content (AvgIpc) is 2.79. The van der Waals surface area contributed by atoms with E-state index in [2.05, 4.69) is 15.0 Å². The first-order valence-electron chi connectivity index (χ1n) is 10.2. The van der Waals surface area contributed by atoms with Gasteiger partial charge in [-0.05, 0) is 54.7 Å². The molecule has 0 radical (unpaired) electrons. The second kappa shape index (κ2) is 10.4. The number of nitrogens with zero attached hydrogens (tertiary/aromatic N) is 1. The molecule has 170 valence electrons. The first-order valence-corrected chi connectivity index (χ1v) is 11.7. The van der Waals surface area contributed by atoms with Gasteiger partial charge in [0.15, 0.2) is 0 Å². The van der Waals surface area contributed by atoms with Crippen LogP contribution in [-0.4, -0.2) is 52.5 Å². The number of nitrogens with one attached hydrogen (secondary N) is 2. The van der Waals surface area contributed by atoms with Gasteiger partial charge in [0.25, 0.3) is 0 Å². The molecule has 0 heterocycles. The minimum Gasteiger partial charge on any atom is -0.497 e. The number of ether oxygens (including phenoxy) is 1. The van der Waals surface area contributed by atoms with Gasteiger partial charge in [-0.1, -0.05) is 24.3 Å². The number of aliphatic carboxylic acids is 1. The molecule has 2 aromatic rings. The van der Waals surface area contributed by atoms with E-state index in [0.29, 0.717) is 24.1 Å². The summed E-state index contributed by atoms with van der Waals surface area (Å²) in [6.45, 7) is -0.233. The highest BCUT2D eigenvalue weighted by Gasteiger charge is 2.27. The summed E-state index contributed by atoms with van der Waals surface area (Å²) in [7, 11) is -0.585.